The molecule has 2 aromatic rings. The highest BCUT2D eigenvalue weighted by Gasteiger charge is 2.06. The molecule has 1 heterocycles. The molecule has 6 heteroatoms. The molecule has 0 aliphatic rings. The Morgan fingerprint density at radius 2 is 2.26 bits per heavy atom. The second-order valence-corrected chi connectivity index (χ2v) is 5.09. The van der Waals surface area contributed by atoms with E-state index in [2.05, 4.69) is 26.3 Å². The van der Waals surface area contributed by atoms with Gasteiger partial charge < -0.3 is 10.4 Å². The van der Waals surface area contributed by atoms with Crippen molar-refractivity contribution in [1.82, 2.24) is 15.1 Å². The van der Waals surface area contributed by atoms with Crippen molar-refractivity contribution < 1.29 is 9.90 Å². The van der Waals surface area contributed by atoms with Gasteiger partial charge in [-0.2, -0.15) is 5.10 Å². The Balaban J connectivity index is 1.94. The summed E-state index contributed by atoms with van der Waals surface area (Å²) in [6, 6.07) is 5.03. The first-order chi connectivity index (χ1) is 9.06. The molecule has 0 saturated carbocycles. The van der Waals surface area contributed by atoms with Gasteiger partial charge in [0.1, 0.15) is 0 Å². The van der Waals surface area contributed by atoms with Crippen LogP contribution >= 0.6 is 15.9 Å². The molecule has 0 aliphatic carbocycles. The number of carbonyl (C=O) groups is 1. The van der Waals surface area contributed by atoms with Crippen LogP contribution in [-0.4, -0.2) is 20.9 Å². The SMILES string of the molecule is Cn1cc(CNCc2ccc(C(=O)O)cc2Br)cn1. The van der Waals surface area contributed by atoms with Crippen molar-refractivity contribution in [3.63, 3.8) is 0 Å². The van der Waals surface area contributed by atoms with E-state index in [-0.39, 0.29) is 5.56 Å². The Morgan fingerprint density at radius 3 is 2.84 bits per heavy atom. The van der Waals surface area contributed by atoms with Crippen LogP contribution in [0.5, 0.6) is 0 Å². The molecule has 0 amide bonds. The summed E-state index contributed by atoms with van der Waals surface area (Å²) in [4.78, 5) is 10.8. The maximum Gasteiger partial charge on any atom is 0.335 e. The molecule has 0 spiro atoms. The van der Waals surface area contributed by atoms with Crippen molar-refractivity contribution in [2.24, 2.45) is 7.05 Å². The number of halogens is 1. The van der Waals surface area contributed by atoms with Gasteiger partial charge in [-0.1, -0.05) is 22.0 Å². The van der Waals surface area contributed by atoms with E-state index < -0.39 is 5.97 Å². The van der Waals surface area contributed by atoms with Crippen LogP contribution in [0.1, 0.15) is 21.5 Å². The monoisotopic (exact) mass is 323 g/mol. The Labute approximate surface area is 119 Å². The molecule has 5 nitrogen and oxygen atoms in total. The molecular weight excluding hydrogens is 310 g/mol. The fraction of sp³-hybridized carbons (Fsp3) is 0.231. The highest BCUT2D eigenvalue weighted by molar-refractivity contribution is 9.10. The van der Waals surface area contributed by atoms with Crippen LogP contribution in [0.3, 0.4) is 0 Å². The maximum atomic E-state index is 10.8. The van der Waals surface area contributed by atoms with Crippen LogP contribution in [0.4, 0.5) is 0 Å². The van der Waals surface area contributed by atoms with E-state index in [4.69, 9.17) is 5.11 Å². The molecule has 100 valence electrons. The van der Waals surface area contributed by atoms with E-state index in [9.17, 15) is 4.79 Å². The Bertz CT molecular complexity index is 595. The van der Waals surface area contributed by atoms with Gasteiger partial charge in [0.05, 0.1) is 11.8 Å². The predicted molar refractivity (Wildman–Crippen MR) is 74.9 cm³/mol. The fourth-order valence-electron chi connectivity index (χ4n) is 1.73. The largest absolute Gasteiger partial charge is 0.478 e. The van der Waals surface area contributed by atoms with E-state index >= 15 is 0 Å². The van der Waals surface area contributed by atoms with Crippen molar-refractivity contribution in [3.8, 4) is 0 Å². The van der Waals surface area contributed by atoms with Crippen molar-refractivity contribution in [3.05, 3.63) is 51.8 Å². The van der Waals surface area contributed by atoms with Crippen LogP contribution in [0.2, 0.25) is 0 Å². The van der Waals surface area contributed by atoms with E-state index in [1.807, 2.05) is 25.5 Å². The highest BCUT2D eigenvalue weighted by Crippen LogP contribution is 2.18. The van der Waals surface area contributed by atoms with Crippen LogP contribution in [-0.2, 0) is 20.1 Å². The summed E-state index contributed by atoms with van der Waals surface area (Å²) in [5.41, 5.74) is 2.41. The van der Waals surface area contributed by atoms with Crippen molar-refractivity contribution in [2.45, 2.75) is 13.1 Å². The van der Waals surface area contributed by atoms with Crippen LogP contribution < -0.4 is 5.32 Å². The molecule has 0 aliphatic heterocycles. The molecule has 0 radical (unpaired) electrons. The Hall–Kier alpha value is -1.66. The highest BCUT2D eigenvalue weighted by atomic mass is 79.9. The van der Waals surface area contributed by atoms with Crippen LogP contribution in [0.25, 0.3) is 0 Å². The average molecular weight is 324 g/mol. The lowest BCUT2D eigenvalue weighted by molar-refractivity contribution is 0.0697. The first-order valence-electron chi connectivity index (χ1n) is 5.76. The van der Waals surface area contributed by atoms with E-state index in [1.54, 1.807) is 16.8 Å². The molecule has 0 atom stereocenters. The minimum Gasteiger partial charge on any atom is -0.478 e. The third kappa shape index (κ3) is 3.65. The topological polar surface area (TPSA) is 67.2 Å². The third-order valence-electron chi connectivity index (χ3n) is 2.70. The number of carboxylic acids is 1. The summed E-state index contributed by atoms with van der Waals surface area (Å²) in [6.45, 7) is 1.39. The zero-order valence-electron chi connectivity index (χ0n) is 10.4. The number of nitrogens with one attached hydrogen (secondary N) is 1. The smallest absolute Gasteiger partial charge is 0.335 e. The van der Waals surface area contributed by atoms with Gasteiger partial charge in [-0.25, -0.2) is 4.79 Å². The Morgan fingerprint density at radius 1 is 1.47 bits per heavy atom. The standard InChI is InChI=1S/C13H14BrN3O2/c1-17-8-9(6-16-17)5-15-7-11-3-2-10(13(18)19)4-12(11)14/h2-4,6,8,15H,5,7H2,1H3,(H,18,19). The second-order valence-electron chi connectivity index (χ2n) is 4.24. The van der Waals surface area contributed by atoms with Gasteiger partial charge in [-0.05, 0) is 17.7 Å². The molecule has 19 heavy (non-hydrogen) atoms. The van der Waals surface area contributed by atoms with E-state index in [0.717, 1.165) is 22.1 Å². The first kappa shape index (κ1) is 13.8. The van der Waals surface area contributed by atoms with E-state index in [0.29, 0.717) is 6.54 Å². The number of aryl methyl sites for hydroxylation is 1. The lowest BCUT2D eigenvalue weighted by Gasteiger charge is -2.06. The minimum absolute atomic E-state index is 0.280. The van der Waals surface area contributed by atoms with Gasteiger partial charge in [0, 0.05) is 36.4 Å². The van der Waals surface area contributed by atoms with Crippen LogP contribution in [0.15, 0.2) is 35.1 Å². The average Bonchev–Trinajstić information content (AvgIpc) is 2.77. The molecule has 1 aromatic heterocycles. The second kappa shape index (κ2) is 5.99. The number of rotatable bonds is 5. The summed E-state index contributed by atoms with van der Waals surface area (Å²) < 4.78 is 2.56. The van der Waals surface area contributed by atoms with Gasteiger partial charge >= 0.3 is 5.97 Å². The van der Waals surface area contributed by atoms with Gasteiger partial charge in [0.25, 0.3) is 0 Å². The van der Waals surface area contributed by atoms with Crippen molar-refractivity contribution in [1.29, 1.82) is 0 Å². The maximum absolute atomic E-state index is 10.8. The summed E-state index contributed by atoms with van der Waals surface area (Å²) in [6.07, 6.45) is 3.77. The van der Waals surface area contributed by atoms with Gasteiger partial charge in [0.2, 0.25) is 0 Å². The number of aromatic carboxylic acids is 1. The molecular formula is C13H14BrN3O2. The van der Waals surface area contributed by atoms with Crippen LogP contribution in [0, 0.1) is 0 Å². The predicted octanol–water partition coefficient (Wildman–Crippen LogP) is 2.17. The van der Waals surface area contributed by atoms with Crippen molar-refractivity contribution >= 4 is 21.9 Å². The van der Waals surface area contributed by atoms with Crippen molar-refractivity contribution in [2.75, 3.05) is 0 Å². The first-order valence-corrected chi connectivity index (χ1v) is 6.55. The summed E-state index contributed by atoms with van der Waals surface area (Å²) in [7, 11) is 1.88. The molecule has 0 saturated heterocycles. The number of carboxylic acid groups (broad SMARTS) is 1. The molecule has 0 unspecified atom stereocenters. The molecule has 0 bridgehead atoms. The van der Waals surface area contributed by atoms with Gasteiger partial charge in [-0.3, -0.25) is 4.68 Å². The molecule has 2 N–H and O–H groups in total. The minimum atomic E-state index is -0.921. The van der Waals surface area contributed by atoms with Gasteiger partial charge in [0.15, 0.2) is 0 Å². The third-order valence-corrected chi connectivity index (χ3v) is 3.44. The number of nitrogens with zero attached hydrogens (tertiary/aromatic N) is 2. The molecule has 2 rings (SSSR count). The lowest BCUT2D eigenvalue weighted by Crippen LogP contribution is -2.13. The quantitative estimate of drug-likeness (QED) is 0.885. The number of aromatic nitrogens is 2. The Kier molecular flexibility index (Phi) is 4.34. The van der Waals surface area contributed by atoms with Gasteiger partial charge in [-0.15, -0.1) is 0 Å². The molecule has 1 aromatic carbocycles. The normalized spacial score (nSPS) is 10.6. The summed E-state index contributed by atoms with van der Waals surface area (Å²) in [5.74, 6) is -0.921. The number of hydrogen-bond donors (Lipinski definition) is 2. The number of benzene rings is 1. The molecule has 0 fully saturated rings. The summed E-state index contributed by atoms with van der Waals surface area (Å²) in [5, 5.41) is 16.3. The zero-order valence-corrected chi connectivity index (χ0v) is 12.0. The number of hydrogen-bond acceptors (Lipinski definition) is 3. The van der Waals surface area contributed by atoms with E-state index in [1.165, 1.54) is 0 Å². The fourth-order valence-corrected chi connectivity index (χ4v) is 2.25. The summed E-state index contributed by atoms with van der Waals surface area (Å²) >= 11 is 3.39. The zero-order chi connectivity index (χ0) is 13.8. The lowest BCUT2D eigenvalue weighted by atomic mass is 10.1.